The molecule has 102 valence electrons. The van der Waals surface area contributed by atoms with Crippen LogP contribution in [0.5, 0.6) is 0 Å². The molecule has 5 heteroatoms. The number of fused-ring (bicyclic) bond motifs is 1. The Morgan fingerprint density at radius 1 is 1.15 bits per heavy atom. The van der Waals surface area contributed by atoms with Crippen LogP contribution < -0.4 is 5.32 Å². The molecule has 3 aromatic rings. The summed E-state index contributed by atoms with van der Waals surface area (Å²) in [4.78, 5) is 7.89. The van der Waals surface area contributed by atoms with Gasteiger partial charge in [0, 0.05) is 22.3 Å². The molecule has 20 heavy (non-hydrogen) atoms. The van der Waals surface area contributed by atoms with Crippen LogP contribution in [-0.2, 0) is 0 Å². The van der Waals surface area contributed by atoms with Crippen LogP contribution in [-0.4, -0.2) is 28.2 Å². The third-order valence-corrected chi connectivity index (χ3v) is 3.54. The number of H-pyrrole nitrogens is 1. The standard InChI is InChI=1S/C15H14BrN3O/c16-11-3-6-13-14(9-11)19-15(18-13)10-1-4-12(5-2-10)17-7-8-20/h1-6,9,17,20H,7-8H2,(H,18,19). The van der Waals surface area contributed by atoms with Gasteiger partial charge in [0.25, 0.3) is 0 Å². The number of hydrogen-bond acceptors (Lipinski definition) is 3. The first-order chi connectivity index (χ1) is 9.76. The largest absolute Gasteiger partial charge is 0.395 e. The lowest BCUT2D eigenvalue weighted by molar-refractivity contribution is 0.311. The van der Waals surface area contributed by atoms with Gasteiger partial charge in [-0.2, -0.15) is 0 Å². The van der Waals surface area contributed by atoms with Crippen LogP contribution in [0.1, 0.15) is 0 Å². The van der Waals surface area contributed by atoms with Crippen molar-refractivity contribution in [3.63, 3.8) is 0 Å². The third kappa shape index (κ3) is 2.69. The molecule has 2 aromatic carbocycles. The topological polar surface area (TPSA) is 60.9 Å². The zero-order valence-corrected chi connectivity index (χ0v) is 12.3. The molecule has 0 saturated heterocycles. The summed E-state index contributed by atoms with van der Waals surface area (Å²) in [6.45, 7) is 0.679. The van der Waals surface area contributed by atoms with E-state index in [-0.39, 0.29) is 6.61 Å². The van der Waals surface area contributed by atoms with Crippen LogP contribution in [0.4, 0.5) is 5.69 Å². The summed E-state index contributed by atoms with van der Waals surface area (Å²) >= 11 is 3.46. The number of halogens is 1. The van der Waals surface area contributed by atoms with Gasteiger partial charge in [-0.25, -0.2) is 4.98 Å². The summed E-state index contributed by atoms with van der Waals surface area (Å²) in [5, 5.41) is 11.9. The number of aliphatic hydroxyl groups excluding tert-OH is 1. The minimum atomic E-state index is 0.125. The normalized spacial score (nSPS) is 10.9. The minimum Gasteiger partial charge on any atom is -0.395 e. The molecule has 0 aliphatic rings. The number of aliphatic hydroxyl groups is 1. The second-order valence-corrected chi connectivity index (χ2v) is 5.39. The minimum absolute atomic E-state index is 0.125. The van der Waals surface area contributed by atoms with E-state index in [1.165, 1.54) is 0 Å². The van der Waals surface area contributed by atoms with E-state index in [1.54, 1.807) is 0 Å². The molecule has 0 spiro atoms. The van der Waals surface area contributed by atoms with Crippen molar-refractivity contribution in [3.05, 3.63) is 46.9 Å². The lowest BCUT2D eigenvalue weighted by Crippen LogP contribution is -2.04. The van der Waals surface area contributed by atoms with Crippen LogP contribution in [0.3, 0.4) is 0 Å². The van der Waals surface area contributed by atoms with Crippen LogP contribution in [0.25, 0.3) is 22.4 Å². The Bertz CT molecular complexity index is 722. The molecule has 0 unspecified atom stereocenters. The number of nitrogens with one attached hydrogen (secondary N) is 2. The number of imidazole rings is 1. The van der Waals surface area contributed by atoms with Gasteiger partial charge in [-0.1, -0.05) is 15.9 Å². The number of benzene rings is 2. The molecule has 0 saturated carbocycles. The summed E-state index contributed by atoms with van der Waals surface area (Å²) in [7, 11) is 0. The molecule has 3 rings (SSSR count). The predicted octanol–water partition coefficient (Wildman–Crippen LogP) is 3.40. The number of aromatic amines is 1. The Morgan fingerprint density at radius 2 is 1.95 bits per heavy atom. The van der Waals surface area contributed by atoms with Crippen molar-refractivity contribution in [2.45, 2.75) is 0 Å². The van der Waals surface area contributed by atoms with Gasteiger partial charge < -0.3 is 15.4 Å². The fourth-order valence-electron chi connectivity index (χ4n) is 2.06. The molecule has 0 amide bonds. The van der Waals surface area contributed by atoms with Crippen molar-refractivity contribution >= 4 is 32.7 Å². The van der Waals surface area contributed by atoms with Crippen LogP contribution >= 0.6 is 15.9 Å². The fraction of sp³-hybridized carbons (Fsp3) is 0.133. The maximum Gasteiger partial charge on any atom is 0.138 e. The summed E-state index contributed by atoms with van der Waals surface area (Å²) in [5.74, 6) is 0.854. The van der Waals surface area contributed by atoms with Gasteiger partial charge in [0.15, 0.2) is 0 Å². The molecule has 1 heterocycles. The zero-order valence-electron chi connectivity index (χ0n) is 10.7. The molecule has 0 radical (unpaired) electrons. The average molecular weight is 332 g/mol. The zero-order chi connectivity index (χ0) is 13.9. The van der Waals surface area contributed by atoms with E-state index in [0.29, 0.717) is 6.54 Å². The van der Waals surface area contributed by atoms with Gasteiger partial charge in [-0.05, 0) is 42.5 Å². The van der Waals surface area contributed by atoms with Crippen molar-refractivity contribution in [2.24, 2.45) is 0 Å². The van der Waals surface area contributed by atoms with Gasteiger partial charge >= 0.3 is 0 Å². The van der Waals surface area contributed by atoms with Gasteiger partial charge in [-0.3, -0.25) is 0 Å². The summed E-state index contributed by atoms with van der Waals surface area (Å²) < 4.78 is 1.03. The van der Waals surface area contributed by atoms with E-state index < -0.39 is 0 Å². The Balaban J connectivity index is 1.90. The van der Waals surface area contributed by atoms with Crippen LogP contribution in [0.2, 0.25) is 0 Å². The Kier molecular flexibility index (Phi) is 3.71. The molecule has 1 aromatic heterocycles. The van der Waals surface area contributed by atoms with Crippen molar-refractivity contribution in [2.75, 3.05) is 18.5 Å². The van der Waals surface area contributed by atoms with Gasteiger partial charge in [0.2, 0.25) is 0 Å². The Hall–Kier alpha value is -1.85. The van der Waals surface area contributed by atoms with Crippen molar-refractivity contribution in [3.8, 4) is 11.4 Å². The smallest absolute Gasteiger partial charge is 0.138 e. The van der Waals surface area contributed by atoms with Crippen molar-refractivity contribution in [1.82, 2.24) is 9.97 Å². The molecule has 3 N–H and O–H groups in total. The number of hydrogen-bond donors (Lipinski definition) is 3. The van der Waals surface area contributed by atoms with Gasteiger partial charge in [0.05, 0.1) is 17.6 Å². The molecule has 0 atom stereocenters. The monoisotopic (exact) mass is 331 g/mol. The van der Waals surface area contributed by atoms with Crippen molar-refractivity contribution < 1.29 is 5.11 Å². The van der Waals surface area contributed by atoms with E-state index >= 15 is 0 Å². The highest BCUT2D eigenvalue weighted by Gasteiger charge is 2.05. The van der Waals surface area contributed by atoms with E-state index in [4.69, 9.17) is 5.11 Å². The first-order valence-corrected chi connectivity index (χ1v) is 7.16. The Labute approximate surface area is 125 Å². The summed E-state index contributed by atoms with van der Waals surface area (Å²) in [6.07, 6.45) is 0. The first kappa shape index (κ1) is 13.1. The average Bonchev–Trinajstić information content (AvgIpc) is 2.88. The van der Waals surface area contributed by atoms with E-state index in [1.807, 2.05) is 42.5 Å². The molecule has 0 bridgehead atoms. The van der Waals surface area contributed by atoms with Crippen LogP contribution in [0.15, 0.2) is 46.9 Å². The number of anilines is 1. The molecule has 0 fully saturated rings. The molecular formula is C15H14BrN3O. The lowest BCUT2D eigenvalue weighted by Gasteiger charge is -2.04. The second-order valence-electron chi connectivity index (χ2n) is 4.47. The van der Waals surface area contributed by atoms with E-state index in [0.717, 1.165) is 32.6 Å². The number of nitrogens with zero attached hydrogens (tertiary/aromatic N) is 1. The Morgan fingerprint density at radius 3 is 2.70 bits per heavy atom. The highest BCUT2D eigenvalue weighted by molar-refractivity contribution is 9.10. The summed E-state index contributed by atoms with van der Waals surface area (Å²) in [6, 6.07) is 14.0. The van der Waals surface area contributed by atoms with Gasteiger partial charge in [-0.15, -0.1) is 0 Å². The van der Waals surface area contributed by atoms with E-state index in [9.17, 15) is 0 Å². The maximum absolute atomic E-state index is 8.78. The summed E-state index contributed by atoms with van der Waals surface area (Å²) in [5.41, 5.74) is 3.98. The lowest BCUT2D eigenvalue weighted by atomic mass is 10.2. The third-order valence-electron chi connectivity index (χ3n) is 3.04. The quantitative estimate of drug-likeness (QED) is 0.686. The second kappa shape index (κ2) is 5.64. The van der Waals surface area contributed by atoms with E-state index in [2.05, 4.69) is 31.2 Å². The SMILES string of the molecule is OCCNc1ccc(-c2nc3ccc(Br)cc3[nH]2)cc1. The van der Waals surface area contributed by atoms with Gasteiger partial charge in [0.1, 0.15) is 5.82 Å². The predicted molar refractivity (Wildman–Crippen MR) is 84.8 cm³/mol. The first-order valence-electron chi connectivity index (χ1n) is 6.37. The highest BCUT2D eigenvalue weighted by Crippen LogP contribution is 2.24. The maximum atomic E-state index is 8.78. The molecule has 4 nitrogen and oxygen atoms in total. The molecule has 0 aliphatic heterocycles. The highest BCUT2D eigenvalue weighted by atomic mass is 79.9. The molecular weight excluding hydrogens is 318 g/mol. The van der Waals surface area contributed by atoms with Crippen molar-refractivity contribution in [1.29, 1.82) is 0 Å². The molecule has 0 aliphatic carbocycles. The number of rotatable bonds is 4. The fourth-order valence-corrected chi connectivity index (χ4v) is 2.43. The van der Waals surface area contributed by atoms with Crippen LogP contribution in [0, 0.1) is 0 Å². The number of aromatic nitrogens is 2.